The van der Waals surface area contributed by atoms with Gasteiger partial charge < -0.3 is 4.90 Å². The average molecular weight is 788 g/mol. The van der Waals surface area contributed by atoms with E-state index in [2.05, 4.69) is 186 Å². The Bertz CT molecular complexity index is 2670. The third-order valence-electron chi connectivity index (χ3n) is 16.8. The lowest BCUT2D eigenvalue weighted by atomic mass is 9.42. The fourth-order valence-electron chi connectivity index (χ4n) is 14.0. The molecule has 1 heterocycles. The van der Waals surface area contributed by atoms with Gasteiger partial charge in [-0.3, -0.25) is 0 Å². The lowest BCUT2D eigenvalue weighted by Crippen LogP contribution is -2.57. The van der Waals surface area contributed by atoms with Crippen molar-refractivity contribution in [3.63, 3.8) is 0 Å². The van der Waals surface area contributed by atoms with Crippen molar-refractivity contribution in [2.24, 2.45) is 23.7 Å². The van der Waals surface area contributed by atoms with Crippen LogP contribution in [-0.4, -0.2) is 0 Å². The SMILES string of the molecule is CC1(C)CCC(C)(C)c2cc(N(c3ccc4c(c3)Sc3c(-c5ccccc5)cccc3C43C4CC5CC(C4)CC3C5)c3ccc4c(c3)C(C)(C)c3ccccc3-4)ccc21. The highest BCUT2D eigenvalue weighted by atomic mass is 32.2. The number of anilines is 3. The van der Waals surface area contributed by atoms with Gasteiger partial charge in [-0.2, -0.15) is 0 Å². The summed E-state index contributed by atoms with van der Waals surface area (Å²) in [5, 5.41) is 0. The maximum absolute atomic E-state index is 2.61. The molecule has 7 aliphatic rings. The maximum atomic E-state index is 2.61. The van der Waals surface area contributed by atoms with E-state index in [0.717, 1.165) is 11.8 Å². The zero-order chi connectivity index (χ0) is 40.1. The minimum atomic E-state index is -0.0788. The Hall–Kier alpha value is -4.53. The Balaban J connectivity index is 1.08. The summed E-state index contributed by atoms with van der Waals surface area (Å²) in [6.45, 7) is 14.6. The van der Waals surface area contributed by atoms with Crippen LogP contribution in [0.4, 0.5) is 17.1 Å². The quantitative estimate of drug-likeness (QED) is 0.175. The molecule has 0 saturated heterocycles. The van der Waals surface area contributed by atoms with Gasteiger partial charge in [-0.05, 0) is 171 Å². The summed E-state index contributed by atoms with van der Waals surface area (Å²) in [5.41, 5.74) is 18.6. The molecule has 6 aromatic carbocycles. The molecule has 6 aromatic rings. The molecular weight excluding hydrogens is 731 g/mol. The van der Waals surface area contributed by atoms with Crippen molar-refractivity contribution in [1.29, 1.82) is 0 Å². The third-order valence-corrected chi connectivity index (χ3v) is 18.0. The van der Waals surface area contributed by atoms with Crippen LogP contribution in [0.2, 0.25) is 0 Å². The average Bonchev–Trinajstić information content (AvgIpc) is 3.46. The first-order valence-corrected chi connectivity index (χ1v) is 23.5. The Morgan fingerprint density at radius 3 is 1.75 bits per heavy atom. The van der Waals surface area contributed by atoms with Gasteiger partial charge in [-0.15, -0.1) is 0 Å². The minimum Gasteiger partial charge on any atom is -0.310 e. The zero-order valence-electron chi connectivity index (χ0n) is 35.7. The van der Waals surface area contributed by atoms with E-state index in [1.54, 1.807) is 11.1 Å². The van der Waals surface area contributed by atoms with E-state index in [4.69, 9.17) is 0 Å². The first-order chi connectivity index (χ1) is 28.4. The van der Waals surface area contributed by atoms with Gasteiger partial charge in [0.25, 0.3) is 0 Å². The molecule has 1 spiro atoms. The molecule has 13 rings (SSSR count). The minimum absolute atomic E-state index is 0.0717. The summed E-state index contributed by atoms with van der Waals surface area (Å²) in [6, 6.07) is 50.1. The van der Waals surface area contributed by atoms with Gasteiger partial charge in [0.05, 0.1) is 0 Å². The molecule has 59 heavy (non-hydrogen) atoms. The lowest BCUT2D eigenvalue weighted by Gasteiger charge is -2.63. The van der Waals surface area contributed by atoms with Crippen molar-refractivity contribution in [1.82, 2.24) is 0 Å². The Morgan fingerprint density at radius 2 is 1.02 bits per heavy atom. The summed E-state index contributed by atoms with van der Waals surface area (Å²) in [6.07, 6.45) is 9.42. The third kappa shape index (κ3) is 5.11. The van der Waals surface area contributed by atoms with Crippen molar-refractivity contribution >= 4 is 28.8 Å². The van der Waals surface area contributed by atoms with E-state index in [1.807, 2.05) is 0 Å². The van der Waals surface area contributed by atoms with Gasteiger partial charge in [-0.1, -0.05) is 144 Å². The molecule has 0 N–H and O–H groups in total. The van der Waals surface area contributed by atoms with E-state index in [-0.39, 0.29) is 21.7 Å². The smallest absolute Gasteiger partial charge is 0.0473 e. The van der Waals surface area contributed by atoms with Gasteiger partial charge in [0.15, 0.2) is 0 Å². The van der Waals surface area contributed by atoms with Crippen LogP contribution in [0.3, 0.4) is 0 Å². The highest BCUT2D eigenvalue weighted by Crippen LogP contribution is 2.69. The highest BCUT2D eigenvalue weighted by Gasteiger charge is 2.61. The summed E-state index contributed by atoms with van der Waals surface area (Å²) in [7, 11) is 0. The van der Waals surface area contributed by atoms with Crippen molar-refractivity contribution in [2.75, 3.05) is 4.90 Å². The molecule has 1 aliphatic heterocycles. The molecule has 0 radical (unpaired) electrons. The number of rotatable bonds is 4. The summed E-state index contributed by atoms with van der Waals surface area (Å²) in [5.74, 6) is 3.23. The summed E-state index contributed by atoms with van der Waals surface area (Å²) < 4.78 is 0. The van der Waals surface area contributed by atoms with E-state index in [9.17, 15) is 0 Å². The molecule has 0 unspecified atom stereocenters. The zero-order valence-corrected chi connectivity index (χ0v) is 36.6. The molecule has 0 atom stereocenters. The highest BCUT2D eigenvalue weighted by molar-refractivity contribution is 7.99. The number of hydrogen-bond donors (Lipinski definition) is 0. The normalized spacial score (nSPS) is 26.7. The van der Waals surface area contributed by atoms with Crippen molar-refractivity contribution in [3.05, 3.63) is 161 Å². The molecule has 296 valence electrons. The van der Waals surface area contributed by atoms with Crippen molar-refractivity contribution in [2.45, 2.75) is 118 Å². The standard InChI is InChI=1S/C57H57NS/c1-54(2)25-26-55(3,4)51-33-41(20-23-47(51)54)58(40-19-22-45-44-15-10-11-17-46(44)56(5,6)50(45)32-40)42-21-24-48-52(34-42)59-53-43(37-13-8-7-9-14-37)16-12-18-49(53)57(48)38-28-35-27-36(30-38)31-39(57)29-35/h7-24,32-36,38-39H,25-31H2,1-6H3. The first-order valence-electron chi connectivity index (χ1n) is 22.6. The van der Waals surface area contributed by atoms with Gasteiger partial charge in [0, 0.05) is 37.7 Å². The summed E-state index contributed by atoms with van der Waals surface area (Å²) in [4.78, 5) is 5.57. The fourth-order valence-corrected chi connectivity index (χ4v) is 15.3. The van der Waals surface area contributed by atoms with Gasteiger partial charge in [-0.25, -0.2) is 0 Å². The molecule has 4 bridgehead atoms. The molecule has 6 aliphatic carbocycles. The number of benzene rings is 6. The first kappa shape index (κ1) is 36.3. The molecule has 1 nitrogen and oxygen atoms in total. The second-order valence-electron chi connectivity index (χ2n) is 21.2. The Labute approximate surface area is 356 Å². The molecule has 0 amide bonds. The second kappa shape index (κ2) is 12.5. The number of nitrogens with zero attached hydrogens (tertiary/aromatic N) is 1. The van der Waals surface area contributed by atoms with E-state index < -0.39 is 0 Å². The molecule has 0 aromatic heterocycles. The van der Waals surface area contributed by atoms with Crippen LogP contribution in [0.1, 0.15) is 120 Å². The monoisotopic (exact) mass is 787 g/mol. The predicted molar refractivity (Wildman–Crippen MR) is 248 cm³/mol. The topological polar surface area (TPSA) is 3.24 Å². The molecule has 4 saturated carbocycles. The molecular formula is C57H57NS. The van der Waals surface area contributed by atoms with Crippen LogP contribution in [0, 0.1) is 23.7 Å². The van der Waals surface area contributed by atoms with Crippen LogP contribution in [0.25, 0.3) is 22.3 Å². The second-order valence-corrected chi connectivity index (χ2v) is 22.3. The number of fused-ring (bicyclic) bond motifs is 6. The van der Waals surface area contributed by atoms with E-state index in [0.29, 0.717) is 11.8 Å². The van der Waals surface area contributed by atoms with E-state index in [1.165, 1.54) is 116 Å². The predicted octanol–water partition coefficient (Wildman–Crippen LogP) is 15.7. The van der Waals surface area contributed by atoms with E-state index >= 15 is 0 Å². The van der Waals surface area contributed by atoms with Gasteiger partial charge in [0.1, 0.15) is 0 Å². The van der Waals surface area contributed by atoms with Crippen LogP contribution < -0.4 is 4.90 Å². The van der Waals surface area contributed by atoms with Gasteiger partial charge >= 0.3 is 0 Å². The fraction of sp³-hybridized carbons (Fsp3) is 0.368. The molecule has 2 heteroatoms. The van der Waals surface area contributed by atoms with Crippen LogP contribution in [-0.2, 0) is 21.7 Å². The van der Waals surface area contributed by atoms with Crippen LogP contribution in [0.5, 0.6) is 0 Å². The van der Waals surface area contributed by atoms with Crippen LogP contribution in [0.15, 0.2) is 137 Å². The summed E-state index contributed by atoms with van der Waals surface area (Å²) >= 11 is 2.05. The lowest BCUT2D eigenvalue weighted by molar-refractivity contribution is -0.0443. The Morgan fingerprint density at radius 1 is 0.458 bits per heavy atom. The largest absolute Gasteiger partial charge is 0.310 e. The number of hydrogen-bond acceptors (Lipinski definition) is 2. The van der Waals surface area contributed by atoms with Crippen molar-refractivity contribution < 1.29 is 0 Å². The van der Waals surface area contributed by atoms with Crippen molar-refractivity contribution in [3.8, 4) is 22.3 Å². The van der Waals surface area contributed by atoms with Crippen LogP contribution >= 0.6 is 11.8 Å². The Kier molecular flexibility index (Phi) is 7.70. The van der Waals surface area contributed by atoms with Gasteiger partial charge in [0.2, 0.25) is 0 Å². The maximum Gasteiger partial charge on any atom is 0.0473 e. The molecule has 4 fully saturated rings.